The van der Waals surface area contributed by atoms with Gasteiger partial charge in [0.2, 0.25) is 0 Å². The number of fused-ring (bicyclic) bond motifs is 1. The van der Waals surface area contributed by atoms with E-state index in [2.05, 4.69) is 32.9 Å². The highest BCUT2D eigenvalue weighted by Gasteiger charge is 2.11. The third kappa shape index (κ3) is 1.42. The molecule has 2 heterocycles. The van der Waals surface area contributed by atoms with Crippen molar-refractivity contribution >= 4 is 33.2 Å². The van der Waals surface area contributed by atoms with E-state index in [0.29, 0.717) is 5.15 Å². The highest BCUT2D eigenvalue weighted by molar-refractivity contribution is 9.10. The van der Waals surface area contributed by atoms with Gasteiger partial charge in [-0.25, -0.2) is 9.50 Å². The van der Waals surface area contributed by atoms with Crippen LogP contribution in [-0.4, -0.2) is 14.6 Å². The normalized spacial score (nSPS) is 11.1. The van der Waals surface area contributed by atoms with Crippen LogP contribution in [0.1, 0.15) is 18.3 Å². The van der Waals surface area contributed by atoms with Crippen molar-refractivity contribution in [1.29, 1.82) is 0 Å². The molecule has 0 aliphatic heterocycles. The standard InChI is InChI=1S/C9H9BrClN3/c1-3-6-8(10)9-12-7(11)4-5(2)14(9)13-6/h4H,3H2,1-2H3. The van der Waals surface area contributed by atoms with Gasteiger partial charge in [0, 0.05) is 5.69 Å². The highest BCUT2D eigenvalue weighted by atomic mass is 79.9. The first-order valence-corrected chi connectivity index (χ1v) is 5.50. The first kappa shape index (κ1) is 9.93. The average molecular weight is 275 g/mol. The summed E-state index contributed by atoms with van der Waals surface area (Å²) >= 11 is 9.35. The number of aryl methyl sites for hydroxylation is 2. The SMILES string of the molecule is CCc1nn2c(C)cc(Cl)nc2c1Br. The van der Waals surface area contributed by atoms with Crippen molar-refractivity contribution in [2.45, 2.75) is 20.3 Å². The van der Waals surface area contributed by atoms with E-state index in [1.54, 1.807) is 10.6 Å². The summed E-state index contributed by atoms with van der Waals surface area (Å²) in [6.07, 6.45) is 0.876. The lowest BCUT2D eigenvalue weighted by molar-refractivity contribution is 0.855. The predicted octanol–water partition coefficient (Wildman–Crippen LogP) is 3.02. The fourth-order valence-corrected chi connectivity index (χ4v) is 2.22. The summed E-state index contributed by atoms with van der Waals surface area (Å²) in [4.78, 5) is 4.22. The van der Waals surface area contributed by atoms with Gasteiger partial charge in [0.25, 0.3) is 0 Å². The first-order valence-electron chi connectivity index (χ1n) is 4.33. The Bertz CT molecular complexity index is 492. The number of halogens is 2. The molecule has 0 saturated heterocycles. The second-order valence-electron chi connectivity index (χ2n) is 3.07. The van der Waals surface area contributed by atoms with Crippen molar-refractivity contribution in [1.82, 2.24) is 14.6 Å². The second-order valence-corrected chi connectivity index (χ2v) is 4.25. The molecule has 0 N–H and O–H groups in total. The summed E-state index contributed by atoms with van der Waals surface area (Å²) in [6, 6.07) is 1.80. The molecule has 2 aromatic heterocycles. The molecule has 3 nitrogen and oxygen atoms in total. The third-order valence-corrected chi connectivity index (χ3v) is 3.09. The topological polar surface area (TPSA) is 30.2 Å². The first-order chi connectivity index (χ1) is 6.63. The Kier molecular flexibility index (Phi) is 2.49. The number of hydrogen-bond donors (Lipinski definition) is 0. The molecule has 5 heteroatoms. The summed E-state index contributed by atoms with van der Waals surface area (Å²) in [5.41, 5.74) is 2.77. The highest BCUT2D eigenvalue weighted by Crippen LogP contribution is 2.23. The Balaban J connectivity index is 2.85. The summed E-state index contributed by atoms with van der Waals surface area (Å²) in [6.45, 7) is 4.02. The molecule has 14 heavy (non-hydrogen) atoms. The Hall–Kier alpha value is -0.610. The lowest BCUT2D eigenvalue weighted by Gasteiger charge is -1.98. The summed E-state index contributed by atoms with van der Waals surface area (Å²) in [5.74, 6) is 0. The second kappa shape index (κ2) is 3.51. The minimum absolute atomic E-state index is 0.498. The van der Waals surface area contributed by atoms with Crippen molar-refractivity contribution < 1.29 is 0 Å². The van der Waals surface area contributed by atoms with Gasteiger partial charge in [-0.05, 0) is 35.3 Å². The number of rotatable bonds is 1. The zero-order chi connectivity index (χ0) is 10.3. The lowest BCUT2D eigenvalue weighted by Crippen LogP contribution is -1.95. The van der Waals surface area contributed by atoms with Crippen molar-refractivity contribution in [2.75, 3.05) is 0 Å². The van der Waals surface area contributed by atoms with Crippen molar-refractivity contribution in [3.8, 4) is 0 Å². The molecule has 2 aromatic rings. The zero-order valence-electron chi connectivity index (χ0n) is 7.88. The molecule has 0 amide bonds. The van der Waals surface area contributed by atoms with E-state index in [9.17, 15) is 0 Å². The van der Waals surface area contributed by atoms with Gasteiger partial charge in [0.05, 0.1) is 10.2 Å². The quantitative estimate of drug-likeness (QED) is 0.748. The number of nitrogens with zero attached hydrogens (tertiary/aromatic N) is 3. The van der Waals surface area contributed by atoms with Crippen molar-refractivity contribution in [2.24, 2.45) is 0 Å². The van der Waals surface area contributed by atoms with E-state index < -0.39 is 0 Å². The molecule has 0 bridgehead atoms. The van der Waals surface area contributed by atoms with Crippen LogP contribution in [-0.2, 0) is 6.42 Å². The molecule has 0 spiro atoms. The Morgan fingerprint density at radius 3 is 2.93 bits per heavy atom. The van der Waals surface area contributed by atoms with Gasteiger partial charge < -0.3 is 0 Å². The molecular weight excluding hydrogens is 265 g/mol. The van der Waals surface area contributed by atoms with Crippen molar-refractivity contribution in [3.63, 3.8) is 0 Å². The predicted molar refractivity (Wildman–Crippen MR) is 59.8 cm³/mol. The van der Waals surface area contributed by atoms with E-state index in [-0.39, 0.29) is 0 Å². The lowest BCUT2D eigenvalue weighted by atomic mass is 10.3. The molecular formula is C9H9BrClN3. The van der Waals surface area contributed by atoms with Crippen LogP contribution in [0, 0.1) is 6.92 Å². The Morgan fingerprint density at radius 2 is 2.29 bits per heavy atom. The summed E-state index contributed by atoms with van der Waals surface area (Å²) in [5, 5.41) is 4.92. The fourth-order valence-electron chi connectivity index (χ4n) is 1.37. The van der Waals surface area contributed by atoms with E-state index in [1.807, 2.05) is 6.92 Å². The van der Waals surface area contributed by atoms with Crippen LogP contribution in [0.5, 0.6) is 0 Å². The molecule has 0 aliphatic rings. The molecule has 0 saturated carbocycles. The molecule has 0 aromatic carbocycles. The molecule has 0 unspecified atom stereocenters. The average Bonchev–Trinajstić information content (AvgIpc) is 2.44. The summed E-state index contributed by atoms with van der Waals surface area (Å²) in [7, 11) is 0. The Morgan fingerprint density at radius 1 is 1.57 bits per heavy atom. The van der Waals surface area contributed by atoms with Gasteiger partial charge in [-0.2, -0.15) is 5.10 Å². The Labute approximate surface area is 95.2 Å². The minimum atomic E-state index is 0.498. The van der Waals surface area contributed by atoms with E-state index in [0.717, 1.165) is 27.9 Å². The molecule has 0 atom stereocenters. The van der Waals surface area contributed by atoms with Crippen LogP contribution >= 0.6 is 27.5 Å². The van der Waals surface area contributed by atoms with Crippen LogP contribution in [0.4, 0.5) is 0 Å². The van der Waals surface area contributed by atoms with Crippen LogP contribution < -0.4 is 0 Å². The van der Waals surface area contributed by atoms with Crippen LogP contribution in [0.15, 0.2) is 10.5 Å². The largest absolute Gasteiger partial charge is 0.218 e. The van der Waals surface area contributed by atoms with Crippen molar-refractivity contribution in [3.05, 3.63) is 27.1 Å². The van der Waals surface area contributed by atoms with Gasteiger partial charge >= 0.3 is 0 Å². The molecule has 0 radical (unpaired) electrons. The maximum absolute atomic E-state index is 5.88. The number of hydrogen-bond acceptors (Lipinski definition) is 2. The van der Waals surface area contributed by atoms with Gasteiger partial charge in [-0.15, -0.1) is 0 Å². The fraction of sp³-hybridized carbons (Fsp3) is 0.333. The van der Waals surface area contributed by atoms with E-state index >= 15 is 0 Å². The maximum Gasteiger partial charge on any atom is 0.171 e. The van der Waals surface area contributed by atoms with Gasteiger partial charge in [0.15, 0.2) is 5.65 Å². The monoisotopic (exact) mass is 273 g/mol. The third-order valence-electron chi connectivity index (χ3n) is 2.08. The van der Waals surface area contributed by atoms with Crippen LogP contribution in [0.2, 0.25) is 5.15 Å². The summed E-state index contributed by atoms with van der Waals surface area (Å²) < 4.78 is 2.74. The minimum Gasteiger partial charge on any atom is -0.218 e. The number of aromatic nitrogens is 3. The molecule has 2 rings (SSSR count). The zero-order valence-corrected chi connectivity index (χ0v) is 10.2. The maximum atomic E-state index is 5.88. The van der Waals surface area contributed by atoms with E-state index in [1.165, 1.54) is 0 Å². The molecule has 0 fully saturated rings. The van der Waals surface area contributed by atoms with Gasteiger partial charge in [-0.3, -0.25) is 0 Å². The van der Waals surface area contributed by atoms with E-state index in [4.69, 9.17) is 11.6 Å². The van der Waals surface area contributed by atoms with Crippen LogP contribution in [0.25, 0.3) is 5.65 Å². The van der Waals surface area contributed by atoms with Gasteiger partial charge in [0.1, 0.15) is 5.15 Å². The van der Waals surface area contributed by atoms with Crippen LogP contribution in [0.3, 0.4) is 0 Å². The molecule has 0 aliphatic carbocycles. The van der Waals surface area contributed by atoms with Gasteiger partial charge in [-0.1, -0.05) is 18.5 Å². The smallest absolute Gasteiger partial charge is 0.171 e. The molecule has 74 valence electrons.